The number of rotatable bonds is 6. The van der Waals surface area contributed by atoms with Crippen LogP contribution in [0.5, 0.6) is 0 Å². The number of anilines is 2. The van der Waals surface area contributed by atoms with Crippen molar-refractivity contribution in [2.45, 2.75) is 4.90 Å². The van der Waals surface area contributed by atoms with Gasteiger partial charge in [-0.2, -0.15) is 10.4 Å². The fourth-order valence-corrected chi connectivity index (χ4v) is 3.20. The molecule has 2 rings (SSSR count). The molecule has 0 radical (unpaired) electrons. The molecule has 0 aliphatic carbocycles. The molecule has 23 heavy (non-hydrogen) atoms. The number of nitrogens with one attached hydrogen (secondary N) is 2. The Balaban J connectivity index is 2.13. The van der Waals surface area contributed by atoms with Crippen molar-refractivity contribution in [1.82, 2.24) is 4.98 Å². The highest BCUT2D eigenvalue weighted by Crippen LogP contribution is 2.19. The number of nitrogens with two attached hydrogens (primary N) is 1. The zero-order chi connectivity index (χ0) is 16.9. The first kappa shape index (κ1) is 16.4. The Hall–Kier alpha value is -2.97. The number of sulfonamides is 1. The zero-order valence-electron chi connectivity index (χ0n) is 11.4. The molecule has 1 aromatic carbocycles. The molecular formula is C12H10N6O3S2. The van der Waals surface area contributed by atoms with Gasteiger partial charge < -0.3 is 5.73 Å². The summed E-state index contributed by atoms with van der Waals surface area (Å²) in [6, 6.07) is 7.06. The standard InChI is InChI=1S/C12H10N6O3S2/c13-7-10(11(14)19)17-16-8-1-3-9(4-2-8)23(20,21)18-12-15-5-6-22-12/h1-6,16H,(H2,14,19)(H,15,18)/b17-10-. The lowest BCUT2D eigenvalue weighted by Gasteiger charge is -2.06. The van der Waals surface area contributed by atoms with Crippen LogP contribution in [0.1, 0.15) is 0 Å². The van der Waals surface area contributed by atoms with Crippen molar-refractivity contribution in [3.8, 4) is 6.07 Å². The van der Waals surface area contributed by atoms with Gasteiger partial charge in [0.2, 0.25) is 5.71 Å². The van der Waals surface area contributed by atoms with Crippen LogP contribution in [0.2, 0.25) is 0 Å². The largest absolute Gasteiger partial charge is 0.364 e. The lowest BCUT2D eigenvalue weighted by atomic mass is 10.3. The molecule has 11 heteroatoms. The molecule has 2 aromatic rings. The Morgan fingerprint density at radius 2 is 2.04 bits per heavy atom. The van der Waals surface area contributed by atoms with Crippen molar-refractivity contribution < 1.29 is 13.2 Å². The molecule has 1 aromatic heterocycles. The van der Waals surface area contributed by atoms with Crippen molar-refractivity contribution in [3.63, 3.8) is 0 Å². The number of nitriles is 1. The average molecular weight is 350 g/mol. The SMILES string of the molecule is N#C/C(=N/Nc1ccc(S(=O)(=O)Nc2nccs2)cc1)C(N)=O. The third kappa shape index (κ3) is 4.25. The van der Waals surface area contributed by atoms with E-state index in [0.29, 0.717) is 5.69 Å². The second-order valence-electron chi connectivity index (χ2n) is 4.02. The summed E-state index contributed by atoms with van der Waals surface area (Å²) in [6.07, 6.45) is 1.49. The zero-order valence-corrected chi connectivity index (χ0v) is 13.1. The van der Waals surface area contributed by atoms with Crippen molar-refractivity contribution in [1.29, 1.82) is 5.26 Å². The van der Waals surface area contributed by atoms with E-state index in [9.17, 15) is 13.2 Å². The van der Waals surface area contributed by atoms with Crippen molar-refractivity contribution in [3.05, 3.63) is 35.8 Å². The number of carbonyl (C=O) groups is 1. The molecule has 0 unspecified atom stereocenters. The van der Waals surface area contributed by atoms with Gasteiger partial charge in [0.05, 0.1) is 10.6 Å². The minimum atomic E-state index is -3.74. The van der Waals surface area contributed by atoms with Crippen molar-refractivity contribution in [2.75, 3.05) is 10.1 Å². The number of thiazole rings is 1. The summed E-state index contributed by atoms with van der Waals surface area (Å²) >= 11 is 1.16. The highest BCUT2D eigenvalue weighted by Gasteiger charge is 2.15. The molecule has 0 fully saturated rings. The molecule has 4 N–H and O–H groups in total. The van der Waals surface area contributed by atoms with Crippen LogP contribution in [0.25, 0.3) is 0 Å². The Morgan fingerprint density at radius 3 is 2.57 bits per heavy atom. The summed E-state index contributed by atoms with van der Waals surface area (Å²) in [4.78, 5) is 14.7. The summed E-state index contributed by atoms with van der Waals surface area (Å²) < 4.78 is 26.6. The Morgan fingerprint density at radius 1 is 1.35 bits per heavy atom. The minimum Gasteiger partial charge on any atom is -0.364 e. The first-order valence-electron chi connectivity index (χ1n) is 5.98. The van der Waals surface area contributed by atoms with Crippen LogP contribution in [-0.4, -0.2) is 25.0 Å². The van der Waals surface area contributed by atoms with Crippen LogP contribution >= 0.6 is 11.3 Å². The molecule has 1 amide bonds. The maximum atomic E-state index is 12.1. The molecule has 118 valence electrons. The predicted octanol–water partition coefficient (Wildman–Crippen LogP) is 0.721. The van der Waals surface area contributed by atoms with Crippen molar-refractivity contribution >= 4 is 43.8 Å². The Kier molecular flexibility index (Phi) is 4.89. The Labute approximate surface area is 135 Å². The number of amides is 1. The van der Waals surface area contributed by atoms with E-state index >= 15 is 0 Å². The quantitative estimate of drug-likeness (QED) is 0.516. The number of hydrazone groups is 1. The molecule has 0 saturated heterocycles. The van der Waals surface area contributed by atoms with Crippen LogP contribution in [-0.2, 0) is 14.8 Å². The highest BCUT2D eigenvalue weighted by atomic mass is 32.2. The van der Waals surface area contributed by atoms with Gasteiger partial charge in [-0.3, -0.25) is 14.9 Å². The molecule has 0 saturated carbocycles. The van der Waals surface area contributed by atoms with Crippen LogP contribution < -0.4 is 15.9 Å². The molecule has 0 atom stereocenters. The summed E-state index contributed by atoms with van der Waals surface area (Å²) in [5.41, 5.74) is 7.26. The molecule has 0 aliphatic rings. The normalized spacial score (nSPS) is 11.5. The van der Waals surface area contributed by atoms with E-state index in [4.69, 9.17) is 11.0 Å². The molecular weight excluding hydrogens is 340 g/mol. The van der Waals surface area contributed by atoms with Gasteiger partial charge in [-0.25, -0.2) is 13.4 Å². The van der Waals surface area contributed by atoms with Gasteiger partial charge in [0.25, 0.3) is 15.9 Å². The summed E-state index contributed by atoms with van der Waals surface area (Å²) in [5.74, 6) is -0.966. The van der Waals surface area contributed by atoms with Gasteiger partial charge in [-0.1, -0.05) is 0 Å². The maximum Gasteiger partial charge on any atom is 0.280 e. The Bertz CT molecular complexity index is 867. The minimum absolute atomic E-state index is 0.0256. The van der Waals surface area contributed by atoms with Crippen LogP contribution in [0, 0.1) is 11.3 Å². The molecule has 0 bridgehead atoms. The third-order valence-electron chi connectivity index (χ3n) is 2.45. The number of benzene rings is 1. The number of primary amides is 1. The number of hydrogen-bond donors (Lipinski definition) is 3. The molecule has 9 nitrogen and oxygen atoms in total. The molecule has 0 aliphatic heterocycles. The van der Waals surface area contributed by atoms with Gasteiger partial charge in [-0.05, 0) is 24.3 Å². The molecule has 1 heterocycles. The van der Waals surface area contributed by atoms with E-state index in [-0.39, 0.29) is 10.0 Å². The van der Waals surface area contributed by atoms with E-state index in [1.165, 1.54) is 36.5 Å². The number of hydrogen-bond acceptors (Lipinski definition) is 8. The smallest absolute Gasteiger partial charge is 0.280 e. The second kappa shape index (κ2) is 6.86. The van der Waals surface area contributed by atoms with E-state index in [1.54, 1.807) is 5.38 Å². The van der Waals surface area contributed by atoms with Crippen LogP contribution in [0.15, 0.2) is 45.8 Å². The van der Waals surface area contributed by atoms with Gasteiger partial charge in [-0.15, -0.1) is 11.3 Å². The lowest BCUT2D eigenvalue weighted by Crippen LogP contribution is -2.22. The summed E-state index contributed by atoms with van der Waals surface area (Å²) in [7, 11) is -3.74. The monoisotopic (exact) mass is 350 g/mol. The van der Waals surface area contributed by atoms with Crippen LogP contribution in [0.3, 0.4) is 0 Å². The second-order valence-corrected chi connectivity index (χ2v) is 6.59. The number of carbonyl (C=O) groups excluding carboxylic acids is 1. The topological polar surface area (TPSA) is 150 Å². The number of aromatic nitrogens is 1. The van der Waals surface area contributed by atoms with Crippen LogP contribution in [0.4, 0.5) is 10.8 Å². The fraction of sp³-hybridized carbons (Fsp3) is 0. The molecule has 0 spiro atoms. The predicted molar refractivity (Wildman–Crippen MR) is 85.2 cm³/mol. The highest BCUT2D eigenvalue weighted by molar-refractivity contribution is 7.93. The van der Waals surface area contributed by atoms with Gasteiger partial charge in [0.1, 0.15) is 6.07 Å². The lowest BCUT2D eigenvalue weighted by molar-refractivity contribution is -0.111. The summed E-state index contributed by atoms with van der Waals surface area (Å²) in [6.45, 7) is 0. The average Bonchev–Trinajstić information content (AvgIpc) is 3.00. The maximum absolute atomic E-state index is 12.1. The van der Waals surface area contributed by atoms with E-state index in [1.807, 2.05) is 0 Å². The van der Waals surface area contributed by atoms with Gasteiger partial charge in [0.15, 0.2) is 5.13 Å². The summed E-state index contributed by atoms with van der Waals surface area (Å²) in [5, 5.41) is 14.1. The van der Waals surface area contributed by atoms with E-state index in [2.05, 4.69) is 20.2 Å². The van der Waals surface area contributed by atoms with Gasteiger partial charge >= 0.3 is 0 Å². The third-order valence-corrected chi connectivity index (χ3v) is 4.63. The van der Waals surface area contributed by atoms with E-state index < -0.39 is 21.6 Å². The fourth-order valence-electron chi connectivity index (χ4n) is 1.41. The van der Waals surface area contributed by atoms with Gasteiger partial charge in [0, 0.05) is 11.6 Å². The first-order chi connectivity index (χ1) is 10.9. The first-order valence-corrected chi connectivity index (χ1v) is 8.34. The number of nitrogens with zero attached hydrogens (tertiary/aromatic N) is 3. The van der Waals surface area contributed by atoms with Crippen molar-refractivity contribution in [2.24, 2.45) is 10.8 Å². The van der Waals surface area contributed by atoms with E-state index in [0.717, 1.165) is 11.3 Å².